The standard InChI is InChI=1S/C13H17NO7/c1-3-8(4-10(12(16)17)13(18)19)11-5-9(21-14-11)6-20-7(2)15/h5,8,10H,3-4,6H2,1-2H3,(H,16,17)(H,18,19). The number of carboxylic acids is 2. The van der Waals surface area contributed by atoms with Gasteiger partial charge in [0.15, 0.2) is 18.3 Å². The topological polar surface area (TPSA) is 127 Å². The summed E-state index contributed by atoms with van der Waals surface area (Å²) in [5.74, 6) is -4.77. The number of aliphatic carboxylic acids is 2. The van der Waals surface area contributed by atoms with Gasteiger partial charge in [0.1, 0.15) is 0 Å². The fourth-order valence-electron chi connectivity index (χ4n) is 1.85. The van der Waals surface area contributed by atoms with Crippen molar-refractivity contribution in [3.8, 4) is 0 Å². The van der Waals surface area contributed by atoms with Crippen LogP contribution in [0.5, 0.6) is 0 Å². The number of esters is 1. The maximum absolute atomic E-state index is 10.9. The van der Waals surface area contributed by atoms with E-state index in [0.717, 1.165) is 0 Å². The molecule has 0 aromatic carbocycles. The third-order valence-corrected chi connectivity index (χ3v) is 3.02. The largest absolute Gasteiger partial charge is 0.481 e. The van der Waals surface area contributed by atoms with Gasteiger partial charge < -0.3 is 19.5 Å². The summed E-state index contributed by atoms with van der Waals surface area (Å²) in [5.41, 5.74) is 0.451. The van der Waals surface area contributed by atoms with Crippen LogP contribution < -0.4 is 0 Å². The van der Waals surface area contributed by atoms with E-state index in [2.05, 4.69) is 5.16 Å². The minimum Gasteiger partial charge on any atom is -0.481 e. The summed E-state index contributed by atoms with van der Waals surface area (Å²) >= 11 is 0. The fraction of sp³-hybridized carbons (Fsp3) is 0.538. The Balaban J connectivity index is 2.78. The first-order valence-electron chi connectivity index (χ1n) is 6.39. The molecule has 0 aliphatic rings. The van der Waals surface area contributed by atoms with E-state index in [-0.39, 0.29) is 18.9 Å². The van der Waals surface area contributed by atoms with Gasteiger partial charge in [0, 0.05) is 18.9 Å². The lowest BCUT2D eigenvalue weighted by Gasteiger charge is -2.14. The van der Waals surface area contributed by atoms with Crippen molar-refractivity contribution >= 4 is 17.9 Å². The van der Waals surface area contributed by atoms with Gasteiger partial charge >= 0.3 is 17.9 Å². The number of rotatable bonds is 8. The van der Waals surface area contributed by atoms with E-state index in [0.29, 0.717) is 17.9 Å². The molecular weight excluding hydrogens is 282 g/mol. The van der Waals surface area contributed by atoms with Gasteiger partial charge in [-0.1, -0.05) is 12.1 Å². The number of carboxylic acid groups (broad SMARTS) is 2. The molecule has 1 rings (SSSR count). The van der Waals surface area contributed by atoms with Crippen LogP contribution in [0.4, 0.5) is 0 Å². The number of hydrogen-bond donors (Lipinski definition) is 2. The van der Waals surface area contributed by atoms with E-state index in [1.807, 2.05) is 0 Å². The Labute approximate surface area is 120 Å². The summed E-state index contributed by atoms with van der Waals surface area (Å²) < 4.78 is 9.73. The maximum Gasteiger partial charge on any atom is 0.317 e. The molecule has 0 radical (unpaired) electrons. The summed E-state index contributed by atoms with van der Waals surface area (Å²) in [7, 11) is 0. The second kappa shape index (κ2) is 7.41. The first-order chi connectivity index (χ1) is 9.85. The Morgan fingerprint density at radius 3 is 2.43 bits per heavy atom. The van der Waals surface area contributed by atoms with E-state index < -0.39 is 23.8 Å². The lowest BCUT2D eigenvalue weighted by Crippen LogP contribution is -2.25. The first-order valence-corrected chi connectivity index (χ1v) is 6.39. The molecule has 0 fully saturated rings. The average Bonchev–Trinajstić information content (AvgIpc) is 2.85. The van der Waals surface area contributed by atoms with Gasteiger partial charge in [-0.15, -0.1) is 0 Å². The van der Waals surface area contributed by atoms with Crippen LogP contribution in [0.15, 0.2) is 10.6 Å². The Kier molecular flexibility index (Phi) is 5.89. The van der Waals surface area contributed by atoms with Gasteiger partial charge in [-0.2, -0.15) is 0 Å². The first kappa shape index (κ1) is 16.7. The highest BCUT2D eigenvalue weighted by atomic mass is 16.5. The summed E-state index contributed by atoms with van der Waals surface area (Å²) in [4.78, 5) is 32.5. The van der Waals surface area contributed by atoms with Crippen LogP contribution >= 0.6 is 0 Å². The number of nitrogens with zero attached hydrogens (tertiary/aromatic N) is 1. The van der Waals surface area contributed by atoms with Crippen LogP contribution in [-0.2, 0) is 25.7 Å². The molecule has 116 valence electrons. The minimum atomic E-state index is -1.50. The number of ether oxygens (including phenoxy) is 1. The highest BCUT2D eigenvalue weighted by molar-refractivity contribution is 5.92. The number of hydrogen-bond acceptors (Lipinski definition) is 6. The van der Waals surface area contributed by atoms with Crippen molar-refractivity contribution in [1.29, 1.82) is 0 Å². The van der Waals surface area contributed by atoms with E-state index in [9.17, 15) is 14.4 Å². The third-order valence-electron chi connectivity index (χ3n) is 3.02. The van der Waals surface area contributed by atoms with E-state index in [1.54, 1.807) is 6.92 Å². The predicted octanol–water partition coefficient (Wildman–Crippen LogP) is 1.41. The van der Waals surface area contributed by atoms with Crippen molar-refractivity contribution in [3.05, 3.63) is 17.5 Å². The van der Waals surface area contributed by atoms with E-state index >= 15 is 0 Å². The molecule has 0 bridgehead atoms. The zero-order chi connectivity index (χ0) is 16.0. The molecule has 21 heavy (non-hydrogen) atoms. The molecule has 0 amide bonds. The quantitative estimate of drug-likeness (QED) is 0.544. The molecule has 1 unspecified atom stereocenters. The van der Waals surface area contributed by atoms with Crippen LogP contribution in [0.3, 0.4) is 0 Å². The van der Waals surface area contributed by atoms with Gasteiger partial charge in [0.2, 0.25) is 0 Å². The lowest BCUT2D eigenvalue weighted by atomic mass is 9.90. The van der Waals surface area contributed by atoms with Gasteiger partial charge in [-0.05, 0) is 12.8 Å². The Morgan fingerprint density at radius 2 is 1.95 bits per heavy atom. The zero-order valence-corrected chi connectivity index (χ0v) is 11.7. The summed E-state index contributed by atoms with van der Waals surface area (Å²) in [6.45, 7) is 2.99. The van der Waals surface area contributed by atoms with Crippen molar-refractivity contribution in [2.75, 3.05) is 0 Å². The molecule has 1 atom stereocenters. The molecule has 0 aliphatic heterocycles. The SMILES string of the molecule is CCC(CC(C(=O)O)C(=O)O)c1cc(COC(C)=O)on1. The average molecular weight is 299 g/mol. The van der Waals surface area contributed by atoms with Crippen molar-refractivity contribution < 1.29 is 33.9 Å². The van der Waals surface area contributed by atoms with Gasteiger partial charge in [-0.3, -0.25) is 14.4 Å². The molecule has 0 saturated carbocycles. The Morgan fingerprint density at radius 1 is 1.33 bits per heavy atom. The lowest BCUT2D eigenvalue weighted by molar-refractivity contribution is -0.155. The maximum atomic E-state index is 10.9. The number of carbonyl (C=O) groups is 3. The highest BCUT2D eigenvalue weighted by Crippen LogP contribution is 2.27. The zero-order valence-electron chi connectivity index (χ0n) is 11.7. The molecule has 2 N–H and O–H groups in total. The van der Waals surface area contributed by atoms with Gasteiger partial charge in [0.05, 0.1) is 5.69 Å². The Bertz CT molecular complexity index is 508. The van der Waals surface area contributed by atoms with E-state index in [4.69, 9.17) is 19.5 Å². The fourth-order valence-corrected chi connectivity index (χ4v) is 1.85. The van der Waals surface area contributed by atoms with Crippen molar-refractivity contribution in [2.24, 2.45) is 5.92 Å². The normalized spacial score (nSPS) is 12.1. The van der Waals surface area contributed by atoms with Crippen molar-refractivity contribution in [2.45, 2.75) is 39.2 Å². The predicted molar refractivity (Wildman–Crippen MR) is 68.4 cm³/mol. The van der Waals surface area contributed by atoms with Crippen LogP contribution in [0.25, 0.3) is 0 Å². The molecule has 0 spiro atoms. The second-order valence-electron chi connectivity index (χ2n) is 4.57. The van der Waals surface area contributed by atoms with Crippen LogP contribution in [-0.4, -0.2) is 33.3 Å². The number of aromatic nitrogens is 1. The van der Waals surface area contributed by atoms with E-state index in [1.165, 1.54) is 13.0 Å². The molecule has 1 aromatic rings. The smallest absolute Gasteiger partial charge is 0.317 e. The summed E-state index contributed by atoms with van der Waals surface area (Å²) in [6, 6.07) is 1.54. The minimum absolute atomic E-state index is 0.0694. The molecule has 8 heteroatoms. The molecule has 0 saturated heterocycles. The molecule has 8 nitrogen and oxygen atoms in total. The summed E-state index contributed by atoms with van der Waals surface area (Å²) in [6.07, 6.45) is 0.428. The monoisotopic (exact) mass is 299 g/mol. The highest BCUT2D eigenvalue weighted by Gasteiger charge is 2.30. The van der Waals surface area contributed by atoms with Crippen molar-refractivity contribution in [1.82, 2.24) is 5.16 Å². The van der Waals surface area contributed by atoms with Crippen molar-refractivity contribution in [3.63, 3.8) is 0 Å². The number of carbonyl (C=O) groups excluding carboxylic acids is 1. The van der Waals surface area contributed by atoms with Crippen LogP contribution in [0.2, 0.25) is 0 Å². The molecule has 1 aromatic heterocycles. The summed E-state index contributed by atoms with van der Waals surface area (Å²) in [5, 5.41) is 21.6. The van der Waals surface area contributed by atoms with Crippen LogP contribution in [0, 0.1) is 5.92 Å². The van der Waals surface area contributed by atoms with Gasteiger partial charge in [0.25, 0.3) is 0 Å². The molecule has 1 heterocycles. The second-order valence-corrected chi connectivity index (χ2v) is 4.57. The third kappa shape index (κ3) is 4.90. The molecule has 0 aliphatic carbocycles. The Hall–Kier alpha value is -2.38. The van der Waals surface area contributed by atoms with Crippen LogP contribution in [0.1, 0.15) is 44.1 Å². The molecular formula is C13H17NO7. The van der Waals surface area contributed by atoms with Gasteiger partial charge in [-0.25, -0.2) is 0 Å².